The molecule has 0 fully saturated rings. The topological polar surface area (TPSA) is 76.7 Å². The highest BCUT2D eigenvalue weighted by molar-refractivity contribution is 5.85. The first-order valence-corrected chi connectivity index (χ1v) is 7.12. The summed E-state index contributed by atoms with van der Waals surface area (Å²) < 4.78 is 10.3. The number of ether oxygens (including phenoxy) is 2. The number of hydrogen-bond donors (Lipinski definition) is 2. The van der Waals surface area contributed by atoms with Crippen LogP contribution in [0.25, 0.3) is 0 Å². The molecular formula is C16H24N2O4. The molecule has 0 bridgehead atoms. The van der Waals surface area contributed by atoms with Crippen molar-refractivity contribution in [2.75, 3.05) is 7.11 Å². The maximum atomic E-state index is 12.0. The molecular weight excluding hydrogens is 284 g/mol. The molecule has 122 valence electrons. The van der Waals surface area contributed by atoms with E-state index in [-0.39, 0.29) is 5.91 Å². The zero-order valence-electron chi connectivity index (χ0n) is 13.7. The van der Waals surface area contributed by atoms with Gasteiger partial charge in [0.05, 0.1) is 7.11 Å². The molecule has 1 atom stereocenters. The van der Waals surface area contributed by atoms with Crippen LogP contribution < -0.4 is 15.4 Å². The van der Waals surface area contributed by atoms with Crippen LogP contribution in [-0.2, 0) is 16.1 Å². The summed E-state index contributed by atoms with van der Waals surface area (Å²) in [5.41, 5.74) is 0.264. The van der Waals surface area contributed by atoms with Gasteiger partial charge in [0.2, 0.25) is 5.91 Å². The molecule has 1 aromatic carbocycles. The number of amides is 2. The molecule has 0 aliphatic rings. The Morgan fingerprint density at radius 3 is 2.45 bits per heavy atom. The van der Waals surface area contributed by atoms with Crippen molar-refractivity contribution in [3.05, 3.63) is 29.8 Å². The fourth-order valence-corrected chi connectivity index (χ4v) is 1.73. The van der Waals surface area contributed by atoms with Crippen LogP contribution in [0, 0.1) is 0 Å². The lowest BCUT2D eigenvalue weighted by atomic mass is 10.2. The largest absolute Gasteiger partial charge is 0.496 e. The van der Waals surface area contributed by atoms with Crippen molar-refractivity contribution in [2.45, 2.75) is 45.9 Å². The highest BCUT2D eigenvalue weighted by Crippen LogP contribution is 2.16. The molecule has 22 heavy (non-hydrogen) atoms. The minimum Gasteiger partial charge on any atom is -0.496 e. The van der Waals surface area contributed by atoms with Gasteiger partial charge >= 0.3 is 6.09 Å². The quantitative estimate of drug-likeness (QED) is 0.874. The van der Waals surface area contributed by atoms with E-state index < -0.39 is 17.7 Å². The summed E-state index contributed by atoms with van der Waals surface area (Å²) in [7, 11) is 1.58. The van der Waals surface area contributed by atoms with Crippen LogP contribution >= 0.6 is 0 Å². The molecule has 0 aliphatic carbocycles. The Balaban J connectivity index is 2.49. The summed E-state index contributed by atoms with van der Waals surface area (Å²) in [6, 6.07) is 6.72. The van der Waals surface area contributed by atoms with Gasteiger partial charge in [0.25, 0.3) is 0 Å². The minimum absolute atomic E-state index is 0.295. The predicted octanol–water partition coefficient (Wildman–Crippen LogP) is 2.22. The summed E-state index contributed by atoms with van der Waals surface area (Å²) in [5.74, 6) is 0.410. The number of rotatable bonds is 5. The summed E-state index contributed by atoms with van der Waals surface area (Å²) in [4.78, 5) is 23.6. The monoisotopic (exact) mass is 308 g/mol. The lowest BCUT2D eigenvalue weighted by molar-refractivity contribution is -0.122. The molecule has 1 unspecified atom stereocenters. The smallest absolute Gasteiger partial charge is 0.408 e. The molecule has 2 amide bonds. The van der Waals surface area contributed by atoms with Crippen molar-refractivity contribution >= 4 is 12.0 Å². The third-order valence-corrected chi connectivity index (χ3v) is 2.77. The van der Waals surface area contributed by atoms with E-state index in [2.05, 4.69) is 10.6 Å². The molecule has 1 rings (SSSR count). The second-order valence-corrected chi connectivity index (χ2v) is 5.90. The van der Waals surface area contributed by atoms with Crippen LogP contribution in [0.2, 0.25) is 0 Å². The lowest BCUT2D eigenvalue weighted by Crippen LogP contribution is -2.46. The van der Waals surface area contributed by atoms with E-state index in [0.717, 1.165) is 5.56 Å². The molecule has 0 spiro atoms. The van der Waals surface area contributed by atoms with Gasteiger partial charge in [-0.2, -0.15) is 0 Å². The normalized spacial score (nSPS) is 12.2. The van der Waals surface area contributed by atoms with E-state index >= 15 is 0 Å². The van der Waals surface area contributed by atoms with E-state index in [1.54, 1.807) is 34.8 Å². The van der Waals surface area contributed by atoms with Gasteiger partial charge in [-0.1, -0.05) is 18.2 Å². The Kier molecular flexibility index (Phi) is 6.22. The van der Waals surface area contributed by atoms with E-state index in [1.807, 2.05) is 24.3 Å². The van der Waals surface area contributed by atoms with Crippen LogP contribution in [-0.4, -0.2) is 30.8 Å². The standard InChI is InChI=1S/C16H24N2O4/c1-11(18-15(20)22-16(2,3)4)14(19)17-10-12-8-6-7-9-13(12)21-5/h6-9,11H,10H2,1-5H3,(H,17,19)(H,18,20). The Labute approximate surface area is 131 Å². The molecule has 0 saturated carbocycles. The molecule has 6 nitrogen and oxygen atoms in total. The van der Waals surface area contributed by atoms with Crippen molar-refractivity contribution in [2.24, 2.45) is 0 Å². The van der Waals surface area contributed by atoms with Gasteiger partial charge in [-0.05, 0) is 33.8 Å². The molecule has 0 aromatic heterocycles. The highest BCUT2D eigenvalue weighted by atomic mass is 16.6. The number of para-hydroxylation sites is 1. The van der Waals surface area contributed by atoms with Crippen LogP contribution in [0.1, 0.15) is 33.3 Å². The van der Waals surface area contributed by atoms with Gasteiger partial charge in [-0.25, -0.2) is 4.79 Å². The first-order valence-electron chi connectivity index (χ1n) is 7.12. The zero-order chi connectivity index (χ0) is 16.8. The Hall–Kier alpha value is -2.24. The fourth-order valence-electron chi connectivity index (χ4n) is 1.73. The Morgan fingerprint density at radius 1 is 1.23 bits per heavy atom. The van der Waals surface area contributed by atoms with E-state index in [4.69, 9.17) is 9.47 Å². The number of nitrogens with one attached hydrogen (secondary N) is 2. The predicted molar refractivity (Wildman–Crippen MR) is 83.7 cm³/mol. The van der Waals surface area contributed by atoms with Crippen LogP contribution in [0.15, 0.2) is 24.3 Å². The zero-order valence-corrected chi connectivity index (χ0v) is 13.7. The van der Waals surface area contributed by atoms with E-state index in [1.165, 1.54) is 0 Å². The first-order chi connectivity index (χ1) is 10.2. The molecule has 2 N–H and O–H groups in total. The average molecular weight is 308 g/mol. The number of carbonyl (C=O) groups is 2. The third-order valence-electron chi connectivity index (χ3n) is 2.77. The number of hydrogen-bond acceptors (Lipinski definition) is 4. The third kappa shape index (κ3) is 6.03. The van der Waals surface area contributed by atoms with Crippen molar-refractivity contribution in [1.29, 1.82) is 0 Å². The highest BCUT2D eigenvalue weighted by Gasteiger charge is 2.20. The van der Waals surface area contributed by atoms with Gasteiger partial charge in [0.1, 0.15) is 17.4 Å². The minimum atomic E-state index is -0.690. The second-order valence-electron chi connectivity index (χ2n) is 5.90. The van der Waals surface area contributed by atoms with Crippen molar-refractivity contribution in [1.82, 2.24) is 10.6 Å². The summed E-state index contributed by atoms with van der Waals surface area (Å²) in [6.45, 7) is 7.21. The van der Waals surface area contributed by atoms with Crippen molar-refractivity contribution in [3.63, 3.8) is 0 Å². The van der Waals surface area contributed by atoms with Gasteiger partial charge in [0.15, 0.2) is 0 Å². The first kappa shape index (κ1) is 17.8. The van der Waals surface area contributed by atoms with Crippen LogP contribution in [0.4, 0.5) is 4.79 Å². The van der Waals surface area contributed by atoms with E-state index in [0.29, 0.717) is 12.3 Å². The number of methoxy groups -OCH3 is 1. The molecule has 0 heterocycles. The summed E-state index contributed by atoms with van der Waals surface area (Å²) >= 11 is 0. The average Bonchev–Trinajstić information content (AvgIpc) is 2.42. The van der Waals surface area contributed by atoms with Gasteiger partial charge < -0.3 is 20.1 Å². The lowest BCUT2D eigenvalue weighted by Gasteiger charge is -2.21. The number of benzene rings is 1. The summed E-state index contributed by atoms with van der Waals surface area (Å²) in [6.07, 6.45) is -0.618. The van der Waals surface area contributed by atoms with E-state index in [9.17, 15) is 9.59 Å². The Morgan fingerprint density at radius 2 is 1.86 bits per heavy atom. The maximum absolute atomic E-state index is 12.0. The number of carbonyl (C=O) groups excluding carboxylic acids is 2. The second kappa shape index (κ2) is 7.68. The molecule has 0 radical (unpaired) electrons. The summed E-state index contributed by atoms with van der Waals surface area (Å²) in [5, 5.41) is 5.25. The SMILES string of the molecule is COc1ccccc1CNC(=O)C(C)NC(=O)OC(C)(C)C. The van der Waals surface area contributed by atoms with Crippen molar-refractivity contribution < 1.29 is 19.1 Å². The Bertz CT molecular complexity index is 523. The molecule has 0 saturated heterocycles. The maximum Gasteiger partial charge on any atom is 0.408 e. The fraction of sp³-hybridized carbons (Fsp3) is 0.500. The van der Waals surface area contributed by atoms with Gasteiger partial charge in [-0.15, -0.1) is 0 Å². The molecule has 1 aromatic rings. The molecule has 0 aliphatic heterocycles. The van der Waals surface area contributed by atoms with Crippen molar-refractivity contribution in [3.8, 4) is 5.75 Å². The number of alkyl carbamates (subject to hydrolysis) is 1. The van der Waals surface area contributed by atoms with Gasteiger partial charge in [0, 0.05) is 12.1 Å². The molecule has 6 heteroatoms. The van der Waals surface area contributed by atoms with Gasteiger partial charge in [-0.3, -0.25) is 4.79 Å². The van der Waals surface area contributed by atoms with Crippen LogP contribution in [0.3, 0.4) is 0 Å². The van der Waals surface area contributed by atoms with Crippen LogP contribution in [0.5, 0.6) is 5.75 Å².